The third kappa shape index (κ3) is 2.08. The van der Waals surface area contributed by atoms with E-state index in [1.807, 2.05) is 25.1 Å². The molecule has 2 N–H and O–H groups in total. The number of nitrogens with two attached hydrogens (primary N) is 1. The summed E-state index contributed by atoms with van der Waals surface area (Å²) in [7, 11) is 0. The van der Waals surface area contributed by atoms with Gasteiger partial charge in [0.05, 0.1) is 17.1 Å². The second-order valence-corrected chi connectivity index (χ2v) is 5.83. The van der Waals surface area contributed by atoms with Crippen LogP contribution in [0.25, 0.3) is 11.0 Å². The normalized spacial score (nSPS) is 25.9. The smallest absolute Gasteiger partial charge is 0.107 e. The van der Waals surface area contributed by atoms with Crippen molar-refractivity contribution in [1.82, 2.24) is 9.55 Å². The van der Waals surface area contributed by atoms with Gasteiger partial charge < -0.3 is 10.3 Å². The zero-order chi connectivity index (χ0) is 14.2. The van der Waals surface area contributed by atoms with Crippen LogP contribution < -0.4 is 5.73 Å². The Morgan fingerprint density at radius 3 is 3.10 bits per heavy atom. The SMILES string of the molecule is Cc1nc2ccccc2n1CCC1CCCC1(N)C#N. The molecule has 0 amide bonds. The van der Waals surface area contributed by atoms with Crippen molar-refractivity contribution in [2.24, 2.45) is 11.7 Å². The fourth-order valence-electron chi connectivity index (χ4n) is 3.41. The number of benzene rings is 1. The van der Waals surface area contributed by atoms with E-state index in [0.29, 0.717) is 5.92 Å². The molecule has 1 heterocycles. The lowest BCUT2D eigenvalue weighted by Crippen LogP contribution is -2.42. The van der Waals surface area contributed by atoms with Gasteiger partial charge >= 0.3 is 0 Å². The predicted molar refractivity (Wildman–Crippen MR) is 79.0 cm³/mol. The first-order valence-corrected chi connectivity index (χ1v) is 7.26. The first-order valence-electron chi connectivity index (χ1n) is 7.26. The molecule has 1 aromatic carbocycles. The van der Waals surface area contributed by atoms with Gasteiger partial charge in [-0.25, -0.2) is 4.98 Å². The number of para-hydroxylation sites is 2. The molecule has 20 heavy (non-hydrogen) atoms. The molecule has 0 spiro atoms. The van der Waals surface area contributed by atoms with E-state index in [0.717, 1.165) is 43.6 Å². The van der Waals surface area contributed by atoms with Crippen LogP contribution in [-0.2, 0) is 6.54 Å². The molecule has 0 saturated heterocycles. The number of hydrogen-bond donors (Lipinski definition) is 1. The van der Waals surface area contributed by atoms with Gasteiger partial charge in [0.25, 0.3) is 0 Å². The molecule has 2 atom stereocenters. The first kappa shape index (κ1) is 13.1. The molecule has 104 valence electrons. The van der Waals surface area contributed by atoms with E-state index in [2.05, 4.69) is 21.7 Å². The van der Waals surface area contributed by atoms with Crippen LogP contribution in [0.2, 0.25) is 0 Å². The zero-order valence-corrected chi connectivity index (χ0v) is 11.8. The van der Waals surface area contributed by atoms with Gasteiger partial charge in [-0.2, -0.15) is 5.26 Å². The van der Waals surface area contributed by atoms with E-state index in [1.54, 1.807) is 0 Å². The van der Waals surface area contributed by atoms with Gasteiger partial charge in [-0.15, -0.1) is 0 Å². The Morgan fingerprint density at radius 1 is 1.50 bits per heavy atom. The largest absolute Gasteiger partial charge is 0.328 e. The summed E-state index contributed by atoms with van der Waals surface area (Å²) in [6.45, 7) is 2.92. The Balaban J connectivity index is 1.81. The summed E-state index contributed by atoms with van der Waals surface area (Å²) < 4.78 is 2.24. The van der Waals surface area contributed by atoms with Gasteiger partial charge in [-0.1, -0.05) is 18.6 Å². The summed E-state index contributed by atoms with van der Waals surface area (Å²) in [5.41, 5.74) is 7.79. The van der Waals surface area contributed by atoms with Crippen molar-refractivity contribution in [2.45, 2.75) is 44.7 Å². The average molecular weight is 268 g/mol. The molecule has 0 radical (unpaired) electrons. The number of rotatable bonds is 3. The highest BCUT2D eigenvalue weighted by Crippen LogP contribution is 2.36. The Hall–Kier alpha value is -1.86. The minimum absolute atomic E-state index is 0.299. The number of imidazole rings is 1. The summed E-state index contributed by atoms with van der Waals surface area (Å²) in [4.78, 5) is 4.58. The average Bonchev–Trinajstić information content (AvgIpc) is 2.97. The summed E-state index contributed by atoms with van der Waals surface area (Å²) in [5, 5.41) is 9.29. The lowest BCUT2D eigenvalue weighted by Gasteiger charge is -2.24. The predicted octanol–water partition coefficient (Wildman–Crippen LogP) is 2.76. The van der Waals surface area contributed by atoms with Crippen molar-refractivity contribution in [3.63, 3.8) is 0 Å². The minimum atomic E-state index is -0.621. The standard InChI is InChI=1S/C16H20N4/c1-12-19-14-6-2-3-7-15(14)20(12)10-8-13-5-4-9-16(13,18)11-17/h2-3,6-7,13H,4-5,8-10,18H2,1H3. The van der Waals surface area contributed by atoms with Crippen LogP contribution >= 0.6 is 0 Å². The van der Waals surface area contributed by atoms with Crippen molar-refractivity contribution in [1.29, 1.82) is 5.26 Å². The quantitative estimate of drug-likeness (QED) is 0.930. The van der Waals surface area contributed by atoms with E-state index in [-0.39, 0.29) is 0 Å². The van der Waals surface area contributed by atoms with E-state index >= 15 is 0 Å². The number of aromatic nitrogens is 2. The van der Waals surface area contributed by atoms with Gasteiger partial charge in [-0.3, -0.25) is 0 Å². The topological polar surface area (TPSA) is 67.6 Å². The van der Waals surface area contributed by atoms with Crippen LogP contribution in [0, 0.1) is 24.2 Å². The molecular weight excluding hydrogens is 248 g/mol. The Bertz CT molecular complexity index is 667. The van der Waals surface area contributed by atoms with Crippen molar-refractivity contribution in [3.05, 3.63) is 30.1 Å². The second kappa shape index (κ2) is 4.92. The van der Waals surface area contributed by atoms with E-state index in [1.165, 1.54) is 5.52 Å². The van der Waals surface area contributed by atoms with Crippen LogP contribution in [0.15, 0.2) is 24.3 Å². The van der Waals surface area contributed by atoms with Crippen molar-refractivity contribution in [3.8, 4) is 6.07 Å². The Morgan fingerprint density at radius 2 is 2.30 bits per heavy atom. The van der Waals surface area contributed by atoms with Crippen molar-refractivity contribution in [2.75, 3.05) is 0 Å². The molecule has 2 aromatic rings. The summed E-state index contributed by atoms with van der Waals surface area (Å²) in [6.07, 6.45) is 3.91. The van der Waals surface area contributed by atoms with Gasteiger partial charge in [0.15, 0.2) is 0 Å². The molecule has 1 aromatic heterocycles. The summed E-state index contributed by atoms with van der Waals surface area (Å²) in [6, 6.07) is 10.5. The number of fused-ring (bicyclic) bond motifs is 1. The maximum absolute atomic E-state index is 9.29. The van der Waals surface area contributed by atoms with Crippen LogP contribution in [-0.4, -0.2) is 15.1 Å². The Kier molecular flexibility index (Phi) is 3.23. The van der Waals surface area contributed by atoms with Crippen molar-refractivity contribution >= 4 is 11.0 Å². The van der Waals surface area contributed by atoms with Crippen LogP contribution in [0.4, 0.5) is 0 Å². The third-order valence-corrected chi connectivity index (χ3v) is 4.63. The molecule has 0 bridgehead atoms. The number of nitrogens with zero attached hydrogens (tertiary/aromatic N) is 3. The zero-order valence-electron chi connectivity index (χ0n) is 11.8. The molecule has 0 aliphatic heterocycles. The van der Waals surface area contributed by atoms with Crippen LogP contribution in [0.3, 0.4) is 0 Å². The van der Waals surface area contributed by atoms with Crippen molar-refractivity contribution < 1.29 is 0 Å². The fourth-order valence-corrected chi connectivity index (χ4v) is 3.41. The second-order valence-electron chi connectivity index (χ2n) is 5.83. The monoisotopic (exact) mass is 268 g/mol. The maximum Gasteiger partial charge on any atom is 0.107 e. The third-order valence-electron chi connectivity index (χ3n) is 4.63. The Labute approximate surface area is 119 Å². The molecule has 4 heteroatoms. The summed E-state index contributed by atoms with van der Waals surface area (Å²) in [5.74, 6) is 1.33. The van der Waals surface area contributed by atoms with Gasteiger partial charge in [0.1, 0.15) is 11.4 Å². The van der Waals surface area contributed by atoms with Crippen LogP contribution in [0.5, 0.6) is 0 Å². The first-order chi connectivity index (χ1) is 9.64. The minimum Gasteiger partial charge on any atom is -0.328 e. The lowest BCUT2D eigenvalue weighted by atomic mass is 9.87. The maximum atomic E-state index is 9.29. The van der Waals surface area contributed by atoms with E-state index < -0.39 is 5.54 Å². The van der Waals surface area contributed by atoms with Gasteiger partial charge in [0, 0.05) is 6.54 Å². The highest BCUT2D eigenvalue weighted by atomic mass is 15.1. The van der Waals surface area contributed by atoms with E-state index in [9.17, 15) is 5.26 Å². The molecule has 1 aliphatic rings. The fraction of sp³-hybridized carbons (Fsp3) is 0.500. The molecular formula is C16H20N4. The molecule has 2 unspecified atom stereocenters. The number of hydrogen-bond acceptors (Lipinski definition) is 3. The highest BCUT2D eigenvalue weighted by molar-refractivity contribution is 5.75. The van der Waals surface area contributed by atoms with Gasteiger partial charge in [-0.05, 0) is 44.2 Å². The van der Waals surface area contributed by atoms with E-state index in [4.69, 9.17) is 5.73 Å². The molecule has 1 aliphatic carbocycles. The number of aryl methyl sites for hydroxylation is 2. The highest BCUT2D eigenvalue weighted by Gasteiger charge is 2.39. The number of nitriles is 1. The summed E-state index contributed by atoms with van der Waals surface area (Å²) >= 11 is 0. The molecule has 1 saturated carbocycles. The molecule has 3 rings (SSSR count). The molecule has 4 nitrogen and oxygen atoms in total. The molecule has 1 fully saturated rings. The lowest BCUT2D eigenvalue weighted by molar-refractivity contribution is 0.354. The van der Waals surface area contributed by atoms with Crippen LogP contribution in [0.1, 0.15) is 31.5 Å². The van der Waals surface area contributed by atoms with Gasteiger partial charge in [0.2, 0.25) is 0 Å².